The molecule has 7 aromatic rings. The number of benzene rings is 7. The SMILES string of the molecule is C[C@@H]1CC2C[C@@H](C1)[C@@]1(c3ccccc3-c3ccc(N(c4ccc(-c5ccc6ccccc6c5)cc4)c4cccc5c4-c4ccccc4[C@]54CC5CCC4C5)cc31)[C@@H](C)C2. The third-order valence-corrected chi connectivity index (χ3v) is 17.0. The van der Waals surface area contributed by atoms with Crippen LogP contribution in [0.3, 0.4) is 0 Å². The van der Waals surface area contributed by atoms with Crippen molar-refractivity contribution in [2.24, 2.45) is 35.5 Å². The molecule has 4 saturated carbocycles. The Hall–Kier alpha value is -5.40. The highest BCUT2D eigenvalue weighted by molar-refractivity contribution is 5.97. The van der Waals surface area contributed by atoms with Gasteiger partial charge in [-0.15, -0.1) is 0 Å². The number of rotatable bonds is 4. The predicted octanol–water partition coefficient (Wildman–Crippen LogP) is 15.4. The molecule has 8 atom stereocenters. The van der Waals surface area contributed by atoms with Gasteiger partial charge in [0.05, 0.1) is 5.69 Å². The zero-order valence-electron chi connectivity index (χ0n) is 34.5. The number of fused-ring (bicyclic) bond motifs is 17. The Morgan fingerprint density at radius 1 is 0.475 bits per heavy atom. The first-order valence-electron chi connectivity index (χ1n) is 22.9. The molecule has 1 nitrogen and oxygen atoms in total. The maximum atomic E-state index is 2.68. The smallest absolute Gasteiger partial charge is 0.0543 e. The van der Waals surface area contributed by atoms with Gasteiger partial charge < -0.3 is 4.90 Å². The van der Waals surface area contributed by atoms with Crippen molar-refractivity contribution in [2.75, 3.05) is 4.90 Å². The molecule has 0 heterocycles. The Morgan fingerprint density at radius 2 is 1.19 bits per heavy atom. The molecule has 13 rings (SSSR count). The van der Waals surface area contributed by atoms with E-state index >= 15 is 0 Å². The predicted molar refractivity (Wildman–Crippen MR) is 246 cm³/mol. The molecule has 0 aliphatic heterocycles. The molecule has 6 aliphatic rings. The van der Waals surface area contributed by atoms with Crippen LogP contribution in [0.25, 0.3) is 44.2 Å². The van der Waals surface area contributed by atoms with Crippen molar-refractivity contribution >= 4 is 27.8 Å². The third-order valence-electron chi connectivity index (χ3n) is 17.0. The Kier molecular flexibility index (Phi) is 7.34. The Labute approximate surface area is 350 Å². The third kappa shape index (κ3) is 4.68. The molecule has 2 spiro atoms. The summed E-state index contributed by atoms with van der Waals surface area (Å²) in [5.74, 6) is 4.47. The molecule has 3 unspecified atom stereocenters. The number of nitrogens with zero attached hydrogens (tertiary/aromatic N) is 1. The summed E-state index contributed by atoms with van der Waals surface area (Å²) >= 11 is 0. The average molecular weight is 764 g/mol. The average Bonchev–Trinajstić information content (AvgIpc) is 4.03. The first-order valence-corrected chi connectivity index (χ1v) is 22.9. The normalized spacial score (nSPS) is 29.1. The second-order valence-corrected chi connectivity index (χ2v) is 19.9. The van der Waals surface area contributed by atoms with E-state index in [1.54, 1.807) is 22.3 Å². The van der Waals surface area contributed by atoms with Gasteiger partial charge in [-0.3, -0.25) is 0 Å². The Bertz CT molecular complexity index is 2820. The van der Waals surface area contributed by atoms with E-state index in [1.165, 1.54) is 113 Å². The summed E-state index contributed by atoms with van der Waals surface area (Å²) < 4.78 is 0. The van der Waals surface area contributed by atoms with Gasteiger partial charge in [0.1, 0.15) is 0 Å². The van der Waals surface area contributed by atoms with Crippen LogP contribution < -0.4 is 4.90 Å². The van der Waals surface area contributed by atoms with Crippen molar-refractivity contribution < 1.29 is 0 Å². The van der Waals surface area contributed by atoms with Crippen molar-refractivity contribution in [1.29, 1.82) is 0 Å². The number of anilines is 3. The minimum Gasteiger partial charge on any atom is -0.310 e. The van der Waals surface area contributed by atoms with Crippen molar-refractivity contribution in [3.8, 4) is 33.4 Å². The van der Waals surface area contributed by atoms with Gasteiger partial charge >= 0.3 is 0 Å². The summed E-state index contributed by atoms with van der Waals surface area (Å²) in [5.41, 5.74) is 18.7. The fraction of sp³-hybridized carbons (Fsp3) is 0.310. The molecular weight excluding hydrogens is 711 g/mol. The molecule has 0 radical (unpaired) electrons. The molecule has 4 bridgehead atoms. The zero-order chi connectivity index (χ0) is 39.0. The lowest BCUT2D eigenvalue weighted by Crippen LogP contribution is -2.49. The van der Waals surface area contributed by atoms with Gasteiger partial charge in [-0.25, -0.2) is 0 Å². The van der Waals surface area contributed by atoms with Crippen molar-refractivity contribution in [3.05, 3.63) is 174 Å². The van der Waals surface area contributed by atoms with Gasteiger partial charge in [0.25, 0.3) is 0 Å². The molecule has 290 valence electrons. The lowest BCUT2D eigenvalue weighted by atomic mass is 9.49. The van der Waals surface area contributed by atoms with E-state index in [9.17, 15) is 0 Å². The quantitative estimate of drug-likeness (QED) is 0.173. The minimum absolute atomic E-state index is 0.0388. The molecule has 0 aromatic heterocycles. The van der Waals surface area contributed by atoms with Crippen LogP contribution in [0.15, 0.2) is 152 Å². The summed E-state index contributed by atoms with van der Waals surface area (Å²) in [6.07, 6.45) is 10.8. The van der Waals surface area contributed by atoms with Gasteiger partial charge in [0, 0.05) is 27.8 Å². The monoisotopic (exact) mass is 763 g/mol. The lowest BCUT2D eigenvalue weighted by Gasteiger charge is -2.54. The number of hydrogen-bond donors (Lipinski definition) is 0. The molecule has 0 saturated heterocycles. The fourth-order valence-electron chi connectivity index (χ4n) is 15.0. The van der Waals surface area contributed by atoms with Gasteiger partial charge in [-0.05, 0) is 178 Å². The largest absolute Gasteiger partial charge is 0.310 e. The van der Waals surface area contributed by atoms with Gasteiger partial charge in [0.2, 0.25) is 0 Å². The van der Waals surface area contributed by atoms with Gasteiger partial charge in [-0.1, -0.05) is 136 Å². The lowest BCUT2D eigenvalue weighted by molar-refractivity contribution is 0.0426. The van der Waals surface area contributed by atoms with Crippen LogP contribution in [0.4, 0.5) is 17.1 Å². The summed E-state index contributed by atoms with van der Waals surface area (Å²) in [5, 5.41) is 2.57. The van der Waals surface area contributed by atoms with E-state index in [0.717, 1.165) is 23.7 Å². The molecule has 1 heteroatoms. The van der Waals surface area contributed by atoms with Crippen LogP contribution in [0.2, 0.25) is 0 Å². The van der Waals surface area contributed by atoms with Gasteiger partial charge in [-0.2, -0.15) is 0 Å². The van der Waals surface area contributed by atoms with E-state index in [4.69, 9.17) is 0 Å². The van der Waals surface area contributed by atoms with Crippen LogP contribution in [0, 0.1) is 35.5 Å². The second kappa shape index (κ2) is 12.6. The van der Waals surface area contributed by atoms with Crippen LogP contribution in [-0.4, -0.2) is 0 Å². The molecule has 0 amide bonds. The van der Waals surface area contributed by atoms with Crippen molar-refractivity contribution in [1.82, 2.24) is 0 Å². The molecule has 6 aliphatic carbocycles. The van der Waals surface area contributed by atoms with E-state index in [1.807, 2.05) is 0 Å². The fourth-order valence-corrected chi connectivity index (χ4v) is 15.0. The zero-order valence-corrected chi connectivity index (χ0v) is 34.5. The second-order valence-electron chi connectivity index (χ2n) is 19.9. The molecule has 4 fully saturated rings. The molecular formula is C58H53N. The summed E-state index contributed by atoms with van der Waals surface area (Å²) in [6.45, 7) is 5.13. The van der Waals surface area contributed by atoms with Crippen LogP contribution in [0.1, 0.15) is 87.5 Å². The van der Waals surface area contributed by atoms with Crippen molar-refractivity contribution in [3.63, 3.8) is 0 Å². The number of hydrogen-bond acceptors (Lipinski definition) is 1. The van der Waals surface area contributed by atoms with Crippen LogP contribution in [-0.2, 0) is 10.8 Å². The Morgan fingerprint density at radius 3 is 2.02 bits per heavy atom. The van der Waals surface area contributed by atoms with Crippen molar-refractivity contribution in [2.45, 2.75) is 76.0 Å². The maximum absolute atomic E-state index is 2.68. The van der Waals surface area contributed by atoms with E-state index in [-0.39, 0.29) is 10.8 Å². The maximum Gasteiger partial charge on any atom is 0.0543 e. The highest BCUT2D eigenvalue weighted by atomic mass is 15.1. The van der Waals surface area contributed by atoms with Crippen LogP contribution >= 0.6 is 0 Å². The first-order chi connectivity index (χ1) is 29.0. The minimum atomic E-state index is 0.0388. The highest BCUT2D eigenvalue weighted by Gasteiger charge is 2.58. The molecule has 59 heavy (non-hydrogen) atoms. The summed E-state index contributed by atoms with van der Waals surface area (Å²) in [4.78, 5) is 2.66. The Balaban J connectivity index is 1.03. The summed E-state index contributed by atoms with van der Waals surface area (Å²) in [7, 11) is 0. The van der Waals surface area contributed by atoms with E-state index < -0.39 is 0 Å². The van der Waals surface area contributed by atoms with E-state index in [2.05, 4.69) is 170 Å². The first kappa shape index (κ1) is 34.5. The highest BCUT2D eigenvalue weighted by Crippen LogP contribution is 2.68. The molecule has 0 N–H and O–H groups in total. The standard InChI is InChI=1S/C58H53N/c1-36-28-39-30-37(2)58(45(29-36)32-39)52-15-8-5-12-48(52)49-27-26-47(34-54(49)58)59(46-24-21-41(22-25-46)43-20-19-40-10-3-4-11-42(40)33-43)55-17-9-16-53-56(55)50-13-6-7-14-51(50)57(53)35-38-18-23-44(57)31-38/h3-17,19-22,24-27,33-34,36-39,44-45H,18,23,28-32,35H2,1-2H3/t36-,37+,38?,39?,44?,45-,57-,58-/m1/s1. The van der Waals surface area contributed by atoms with Gasteiger partial charge in [0.15, 0.2) is 0 Å². The summed E-state index contributed by atoms with van der Waals surface area (Å²) in [6, 6.07) is 59.1. The van der Waals surface area contributed by atoms with Crippen LogP contribution in [0.5, 0.6) is 0 Å². The molecule has 7 aromatic carbocycles. The van der Waals surface area contributed by atoms with E-state index in [0.29, 0.717) is 11.8 Å². The topological polar surface area (TPSA) is 3.24 Å².